The first-order valence-electron chi connectivity index (χ1n) is 9.95. The van der Waals surface area contributed by atoms with Crippen molar-refractivity contribution < 1.29 is 19.1 Å². The van der Waals surface area contributed by atoms with Gasteiger partial charge in [0.2, 0.25) is 11.8 Å². The van der Waals surface area contributed by atoms with Crippen molar-refractivity contribution in [2.75, 3.05) is 30.0 Å². The summed E-state index contributed by atoms with van der Waals surface area (Å²) < 4.78 is 11.2. The van der Waals surface area contributed by atoms with Gasteiger partial charge in [0.05, 0.1) is 17.1 Å². The number of amides is 2. The number of hydrogen-bond acceptors (Lipinski definition) is 5. The Morgan fingerprint density at radius 2 is 1.97 bits per heavy atom. The molecule has 1 aromatic heterocycles. The molecule has 1 atom stereocenters. The monoisotopic (exact) mass is 403 g/mol. The van der Waals surface area contributed by atoms with Crippen LogP contribution in [0.4, 0.5) is 11.4 Å². The van der Waals surface area contributed by atoms with Crippen LogP contribution in [-0.4, -0.2) is 36.6 Å². The summed E-state index contributed by atoms with van der Waals surface area (Å²) >= 11 is 0. The zero-order valence-electron chi connectivity index (χ0n) is 16.6. The summed E-state index contributed by atoms with van der Waals surface area (Å²) in [4.78, 5) is 31.6. The van der Waals surface area contributed by atoms with E-state index in [4.69, 9.17) is 9.47 Å². The smallest absolute Gasteiger partial charge is 0.229 e. The van der Waals surface area contributed by atoms with Gasteiger partial charge in [-0.1, -0.05) is 6.07 Å². The van der Waals surface area contributed by atoms with Crippen molar-refractivity contribution in [3.63, 3.8) is 0 Å². The Morgan fingerprint density at radius 3 is 2.83 bits per heavy atom. The van der Waals surface area contributed by atoms with E-state index in [9.17, 15) is 9.59 Å². The molecule has 3 aromatic rings. The molecule has 2 amide bonds. The van der Waals surface area contributed by atoms with Gasteiger partial charge in [0.15, 0.2) is 11.5 Å². The predicted octanol–water partition coefficient (Wildman–Crippen LogP) is 3.31. The van der Waals surface area contributed by atoms with Crippen molar-refractivity contribution in [3.8, 4) is 11.5 Å². The highest BCUT2D eigenvalue weighted by Gasteiger charge is 2.35. The Bertz CT molecular complexity index is 1160. The molecule has 2 aliphatic rings. The lowest BCUT2D eigenvalue weighted by molar-refractivity contribution is -0.122. The lowest BCUT2D eigenvalue weighted by Gasteiger charge is -2.22. The molecule has 3 heterocycles. The number of aromatic nitrogens is 1. The SMILES string of the molecule is Cc1ccc(NC(=O)C2CC(=O)N(c3ccc4c(c3)OCCO4)C2)c2cccnc12. The van der Waals surface area contributed by atoms with Crippen LogP contribution in [0.3, 0.4) is 0 Å². The zero-order valence-corrected chi connectivity index (χ0v) is 16.6. The molecule has 0 aliphatic carbocycles. The number of anilines is 2. The fourth-order valence-corrected chi connectivity index (χ4v) is 3.99. The summed E-state index contributed by atoms with van der Waals surface area (Å²) in [5.41, 5.74) is 3.32. The number of benzene rings is 2. The highest BCUT2D eigenvalue weighted by atomic mass is 16.6. The number of carbonyl (C=O) groups excluding carboxylic acids is 2. The van der Waals surface area contributed by atoms with Crippen LogP contribution >= 0.6 is 0 Å². The van der Waals surface area contributed by atoms with E-state index in [-0.39, 0.29) is 18.2 Å². The van der Waals surface area contributed by atoms with Crippen LogP contribution in [0.5, 0.6) is 11.5 Å². The normalized spacial score (nSPS) is 18.0. The fourth-order valence-electron chi connectivity index (χ4n) is 3.99. The number of nitrogens with one attached hydrogen (secondary N) is 1. The van der Waals surface area contributed by atoms with E-state index in [1.54, 1.807) is 23.2 Å². The van der Waals surface area contributed by atoms with Gasteiger partial charge in [0.25, 0.3) is 0 Å². The quantitative estimate of drug-likeness (QED) is 0.726. The summed E-state index contributed by atoms with van der Waals surface area (Å²) in [6, 6.07) is 13.0. The molecule has 7 heteroatoms. The van der Waals surface area contributed by atoms with Gasteiger partial charge in [-0.2, -0.15) is 0 Å². The van der Waals surface area contributed by atoms with Crippen LogP contribution < -0.4 is 19.7 Å². The second kappa shape index (κ2) is 7.33. The summed E-state index contributed by atoms with van der Waals surface area (Å²) in [5, 5.41) is 3.88. The lowest BCUT2D eigenvalue weighted by atomic mass is 10.1. The Hall–Kier alpha value is -3.61. The number of nitrogens with zero attached hydrogens (tertiary/aromatic N) is 2. The topological polar surface area (TPSA) is 80.8 Å². The first-order valence-corrected chi connectivity index (χ1v) is 9.95. The van der Waals surface area contributed by atoms with E-state index in [0.29, 0.717) is 42.6 Å². The molecule has 0 saturated carbocycles. The molecule has 5 rings (SSSR count). The number of hydrogen-bond donors (Lipinski definition) is 1. The van der Waals surface area contributed by atoms with Crippen molar-refractivity contribution in [3.05, 3.63) is 54.2 Å². The Morgan fingerprint density at radius 1 is 1.13 bits per heavy atom. The second-order valence-electron chi connectivity index (χ2n) is 7.55. The molecule has 2 aliphatic heterocycles. The molecule has 30 heavy (non-hydrogen) atoms. The average molecular weight is 403 g/mol. The molecule has 0 radical (unpaired) electrons. The minimum absolute atomic E-state index is 0.0812. The lowest BCUT2D eigenvalue weighted by Crippen LogP contribution is -2.28. The number of ether oxygens (including phenoxy) is 2. The molecule has 7 nitrogen and oxygen atoms in total. The van der Waals surface area contributed by atoms with Gasteiger partial charge in [-0.25, -0.2) is 0 Å². The molecule has 1 unspecified atom stereocenters. The van der Waals surface area contributed by atoms with Gasteiger partial charge in [0.1, 0.15) is 13.2 Å². The third-order valence-electron chi connectivity index (χ3n) is 5.56. The maximum Gasteiger partial charge on any atom is 0.229 e. The van der Waals surface area contributed by atoms with Gasteiger partial charge < -0.3 is 19.7 Å². The van der Waals surface area contributed by atoms with Gasteiger partial charge in [0, 0.05) is 36.3 Å². The molecule has 1 N–H and O–H groups in total. The number of pyridine rings is 1. The van der Waals surface area contributed by atoms with Crippen LogP contribution in [0.15, 0.2) is 48.7 Å². The molecule has 0 spiro atoms. The van der Waals surface area contributed by atoms with Crippen LogP contribution in [-0.2, 0) is 9.59 Å². The standard InChI is InChI=1S/C23H21N3O4/c1-14-4-6-18(17-3-2-8-24-22(14)17)25-23(28)15-11-21(27)26(13-15)16-5-7-19-20(12-16)30-10-9-29-19/h2-8,12,15H,9-11,13H2,1H3,(H,25,28). The number of fused-ring (bicyclic) bond motifs is 2. The highest BCUT2D eigenvalue weighted by molar-refractivity contribution is 6.07. The van der Waals surface area contributed by atoms with Gasteiger partial charge in [-0.15, -0.1) is 0 Å². The van der Waals surface area contributed by atoms with E-state index >= 15 is 0 Å². The Kier molecular flexibility index (Phi) is 4.50. The minimum Gasteiger partial charge on any atom is -0.486 e. The Labute approximate surface area is 173 Å². The van der Waals surface area contributed by atoms with E-state index in [1.165, 1.54) is 0 Å². The Balaban J connectivity index is 1.35. The summed E-state index contributed by atoms with van der Waals surface area (Å²) in [7, 11) is 0. The van der Waals surface area contributed by atoms with Gasteiger partial charge in [-0.05, 0) is 42.8 Å². The van der Waals surface area contributed by atoms with Crippen molar-refractivity contribution in [2.24, 2.45) is 5.92 Å². The molecule has 2 aromatic carbocycles. The van der Waals surface area contributed by atoms with E-state index in [2.05, 4.69) is 10.3 Å². The van der Waals surface area contributed by atoms with E-state index in [1.807, 2.05) is 37.3 Å². The third-order valence-corrected chi connectivity index (χ3v) is 5.56. The van der Waals surface area contributed by atoms with Crippen molar-refractivity contribution >= 4 is 34.1 Å². The second-order valence-corrected chi connectivity index (χ2v) is 7.55. The number of aryl methyl sites for hydroxylation is 1. The number of rotatable bonds is 3. The molecular weight excluding hydrogens is 382 g/mol. The molecule has 0 bridgehead atoms. The maximum absolute atomic E-state index is 12.9. The first-order chi connectivity index (χ1) is 14.6. The zero-order chi connectivity index (χ0) is 20.7. The van der Waals surface area contributed by atoms with E-state index < -0.39 is 5.92 Å². The summed E-state index contributed by atoms with van der Waals surface area (Å²) in [5.74, 6) is 0.613. The summed E-state index contributed by atoms with van der Waals surface area (Å²) in [6.45, 7) is 3.31. The molecule has 152 valence electrons. The first kappa shape index (κ1) is 18.4. The minimum atomic E-state index is -0.432. The summed E-state index contributed by atoms with van der Waals surface area (Å²) in [6.07, 6.45) is 1.91. The van der Waals surface area contributed by atoms with Crippen LogP contribution in [0, 0.1) is 12.8 Å². The van der Waals surface area contributed by atoms with Gasteiger partial charge >= 0.3 is 0 Å². The van der Waals surface area contributed by atoms with Crippen LogP contribution in [0.2, 0.25) is 0 Å². The van der Waals surface area contributed by atoms with Crippen molar-refractivity contribution in [1.82, 2.24) is 4.98 Å². The fraction of sp³-hybridized carbons (Fsp3) is 0.261. The predicted molar refractivity (Wildman–Crippen MR) is 113 cm³/mol. The molecule has 1 saturated heterocycles. The van der Waals surface area contributed by atoms with Gasteiger partial charge in [-0.3, -0.25) is 14.6 Å². The number of carbonyl (C=O) groups is 2. The average Bonchev–Trinajstić information content (AvgIpc) is 3.17. The van der Waals surface area contributed by atoms with Crippen LogP contribution in [0.1, 0.15) is 12.0 Å². The molecular formula is C23H21N3O4. The van der Waals surface area contributed by atoms with E-state index in [0.717, 1.165) is 16.5 Å². The third kappa shape index (κ3) is 3.22. The van der Waals surface area contributed by atoms with Crippen molar-refractivity contribution in [2.45, 2.75) is 13.3 Å². The van der Waals surface area contributed by atoms with Crippen LogP contribution in [0.25, 0.3) is 10.9 Å². The maximum atomic E-state index is 12.9. The highest BCUT2D eigenvalue weighted by Crippen LogP contribution is 2.36. The van der Waals surface area contributed by atoms with Crippen molar-refractivity contribution in [1.29, 1.82) is 0 Å². The molecule has 1 fully saturated rings. The largest absolute Gasteiger partial charge is 0.486 e.